The van der Waals surface area contributed by atoms with Gasteiger partial charge in [0.25, 0.3) is 0 Å². The van der Waals surface area contributed by atoms with E-state index in [4.69, 9.17) is 0 Å². The molecule has 2 aromatic rings. The normalized spacial score (nSPS) is 35.2. The molecule has 0 spiro atoms. The van der Waals surface area contributed by atoms with Crippen molar-refractivity contribution in [3.05, 3.63) is 59.3 Å². The van der Waals surface area contributed by atoms with Crippen LogP contribution in [0.4, 0.5) is 0 Å². The zero-order valence-corrected chi connectivity index (χ0v) is 20.1. The van der Waals surface area contributed by atoms with Crippen LogP contribution < -0.4 is 5.32 Å². The van der Waals surface area contributed by atoms with Crippen molar-refractivity contribution in [2.24, 2.45) is 17.3 Å². The fourth-order valence-corrected chi connectivity index (χ4v) is 6.87. The molecule has 0 radical (unpaired) electrons. The first-order valence-corrected chi connectivity index (χ1v) is 12.4. The van der Waals surface area contributed by atoms with Crippen molar-refractivity contribution in [2.75, 3.05) is 14.1 Å². The molecule has 1 aromatic heterocycles. The van der Waals surface area contributed by atoms with Crippen LogP contribution in [0.3, 0.4) is 0 Å². The Morgan fingerprint density at radius 2 is 1.97 bits per heavy atom. The number of aromatic nitrogens is 2. The van der Waals surface area contributed by atoms with E-state index in [0.29, 0.717) is 5.92 Å². The smallest absolute Gasteiger partial charge is 0.0933 e. The van der Waals surface area contributed by atoms with E-state index >= 15 is 0 Å². The van der Waals surface area contributed by atoms with Gasteiger partial charge in [-0.05, 0) is 87.7 Å². The molecule has 33 heavy (non-hydrogen) atoms. The summed E-state index contributed by atoms with van der Waals surface area (Å²) >= 11 is 0. The Morgan fingerprint density at radius 3 is 2.79 bits per heavy atom. The predicted molar refractivity (Wildman–Crippen MR) is 134 cm³/mol. The fraction of sp³-hybridized carbons (Fsp3) is 0.536. The quantitative estimate of drug-likeness (QED) is 0.509. The van der Waals surface area contributed by atoms with Gasteiger partial charge < -0.3 is 15.5 Å². The molecule has 4 N–H and O–H groups in total. The average Bonchev–Trinajstić information content (AvgIpc) is 3.36. The van der Waals surface area contributed by atoms with Gasteiger partial charge in [-0.2, -0.15) is 5.10 Å². The van der Waals surface area contributed by atoms with E-state index in [9.17, 15) is 10.2 Å². The van der Waals surface area contributed by atoms with Crippen molar-refractivity contribution in [1.29, 1.82) is 0 Å². The van der Waals surface area contributed by atoms with Gasteiger partial charge in [-0.1, -0.05) is 42.9 Å². The summed E-state index contributed by atoms with van der Waals surface area (Å²) in [6, 6.07) is 6.54. The summed E-state index contributed by atoms with van der Waals surface area (Å²) in [5.74, 6) is 0.714. The van der Waals surface area contributed by atoms with Crippen molar-refractivity contribution in [3.8, 4) is 0 Å². The molecule has 0 aliphatic heterocycles. The highest BCUT2D eigenvalue weighted by Crippen LogP contribution is 2.61. The molecule has 0 bridgehead atoms. The number of H-pyrrole nitrogens is 1. The van der Waals surface area contributed by atoms with E-state index in [-0.39, 0.29) is 17.4 Å². The fourth-order valence-electron chi connectivity index (χ4n) is 6.87. The van der Waals surface area contributed by atoms with Crippen LogP contribution >= 0.6 is 0 Å². The van der Waals surface area contributed by atoms with Gasteiger partial charge in [0.1, 0.15) is 0 Å². The van der Waals surface area contributed by atoms with Crippen LogP contribution in [0.25, 0.3) is 16.5 Å². The largest absolute Gasteiger partial charge is 0.393 e. The molecule has 0 amide bonds. The highest BCUT2D eigenvalue weighted by Gasteiger charge is 2.55. The number of fused-ring (bicyclic) bond motifs is 5. The highest BCUT2D eigenvalue weighted by molar-refractivity contribution is 5.84. The van der Waals surface area contributed by atoms with Gasteiger partial charge in [0.05, 0.1) is 23.4 Å². The molecule has 1 fully saturated rings. The predicted octanol–water partition coefficient (Wildman–Crippen LogP) is 4.75. The molecule has 4 aliphatic carbocycles. The molecule has 4 unspecified atom stereocenters. The lowest BCUT2D eigenvalue weighted by molar-refractivity contribution is -0.0330. The number of aromatic amines is 1. The number of aliphatic hydroxyl groups is 2. The standard InChI is InChI=1S/C26H30N2O2.C2H7N/c1-25-10-9-20-12-19-13-21(29)5-4-16(19)8-11-26(20,30)24(25)7-6-22(25)17-2-3-18-15-27-28-23(18)14-17;1-3-2/h2-3,6,9,12,14-16,21,24,29-30H,4-5,7-8,10-11,13H2,1H3,(H,27,28);3H,1-2H3/t16?,21?,24?,25?,26-;/m1./s1. The van der Waals surface area contributed by atoms with Gasteiger partial charge in [-0.25, -0.2) is 0 Å². The highest BCUT2D eigenvalue weighted by atomic mass is 16.3. The third-order valence-corrected chi connectivity index (χ3v) is 8.58. The minimum Gasteiger partial charge on any atom is -0.393 e. The van der Waals surface area contributed by atoms with Crippen molar-refractivity contribution in [2.45, 2.75) is 63.6 Å². The van der Waals surface area contributed by atoms with Crippen LogP contribution in [0.2, 0.25) is 0 Å². The van der Waals surface area contributed by atoms with Gasteiger partial charge in [0, 0.05) is 16.7 Å². The van der Waals surface area contributed by atoms with E-state index in [0.717, 1.165) is 61.4 Å². The second-order valence-corrected chi connectivity index (χ2v) is 10.7. The lowest BCUT2D eigenvalue weighted by Crippen LogP contribution is -2.48. The zero-order valence-electron chi connectivity index (χ0n) is 20.1. The van der Waals surface area contributed by atoms with Crippen molar-refractivity contribution < 1.29 is 10.2 Å². The Hall–Kier alpha value is -2.21. The Morgan fingerprint density at radius 1 is 1.15 bits per heavy atom. The molecule has 6 rings (SSSR count). The Balaban J connectivity index is 0.000000724. The molecule has 1 saturated carbocycles. The first-order valence-electron chi connectivity index (χ1n) is 12.4. The van der Waals surface area contributed by atoms with Gasteiger partial charge in [0.15, 0.2) is 0 Å². The summed E-state index contributed by atoms with van der Waals surface area (Å²) in [4.78, 5) is 0. The lowest BCUT2D eigenvalue weighted by atomic mass is 9.58. The maximum atomic E-state index is 12.1. The summed E-state index contributed by atoms with van der Waals surface area (Å²) < 4.78 is 0. The number of nitrogens with zero attached hydrogens (tertiary/aromatic N) is 1. The van der Waals surface area contributed by atoms with Gasteiger partial charge in [-0.15, -0.1) is 0 Å². The van der Waals surface area contributed by atoms with Crippen LogP contribution in [-0.2, 0) is 0 Å². The monoisotopic (exact) mass is 447 g/mol. The summed E-state index contributed by atoms with van der Waals surface area (Å²) in [6.45, 7) is 2.34. The second kappa shape index (κ2) is 8.53. The summed E-state index contributed by atoms with van der Waals surface area (Å²) in [7, 11) is 3.75. The van der Waals surface area contributed by atoms with Crippen LogP contribution in [0.5, 0.6) is 0 Å². The zero-order chi connectivity index (χ0) is 23.2. The summed E-state index contributed by atoms with van der Waals surface area (Å²) in [5, 5.41) is 33.4. The molecule has 0 saturated heterocycles. The van der Waals surface area contributed by atoms with E-state index in [1.807, 2.05) is 20.3 Å². The molecule has 5 nitrogen and oxygen atoms in total. The number of allylic oxidation sites excluding steroid dienone is 3. The second-order valence-electron chi connectivity index (χ2n) is 10.7. The number of aliphatic hydroxyl groups excluding tert-OH is 1. The van der Waals surface area contributed by atoms with E-state index in [1.54, 1.807) is 0 Å². The Kier molecular flexibility index (Phi) is 5.84. The topological polar surface area (TPSA) is 81.2 Å². The minimum absolute atomic E-state index is 0.0700. The Bertz CT molecular complexity index is 1130. The van der Waals surface area contributed by atoms with Crippen LogP contribution in [0, 0.1) is 17.3 Å². The molecule has 5 atom stereocenters. The third kappa shape index (κ3) is 3.71. The summed E-state index contributed by atoms with van der Waals surface area (Å²) in [6.07, 6.45) is 15.0. The maximum absolute atomic E-state index is 12.1. The molecular formula is C28H37N3O2. The number of benzene rings is 1. The first kappa shape index (κ1) is 22.6. The van der Waals surface area contributed by atoms with Gasteiger partial charge in [0.2, 0.25) is 0 Å². The number of nitrogens with one attached hydrogen (secondary N) is 2. The van der Waals surface area contributed by atoms with E-state index in [2.05, 4.69) is 58.9 Å². The maximum Gasteiger partial charge on any atom is 0.0933 e. The molecule has 4 aliphatic rings. The third-order valence-electron chi connectivity index (χ3n) is 8.58. The number of rotatable bonds is 1. The number of hydrogen-bond donors (Lipinski definition) is 4. The van der Waals surface area contributed by atoms with Crippen LogP contribution in [0.1, 0.15) is 57.4 Å². The molecule has 5 heteroatoms. The van der Waals surface area contributed by atoms with Crippen molar-refractivity contribution in [3.63, 3.8) is 0 Å². The first-order chi connectivity index (χ1) is 15.9. The molecule has 176 valence electrons. The van der Waals surface area contributed by atoms with E-state index in [1.165, 1.54) is 16.7 Å². The SMILES string of the molecule is CC12CC=C3C=C4CC(O)CCC4CC[C@]3(O)C1CC=C2c1ccc2cn[nH]c2c1.CNC. The van der Waals surface area contributed by atoms with Crippen molar-refractivity contribution in [1.82, 2.24) is 15.5 Å². The van der Waals surface area contributed by atoms with Crippen molar-refractivity contribution >= 4 is 16.5 Å². The Labute approximate surface area is 196 Å². The van der Waals surface area contributed by atoms with Gasteiger partial charge in [-0.3, -0.25) is 5.10 Å². The number of hydrogen-bond acceptors (Lipinski definition) is 4. The van der Waals surface area contributed by atoms with Crippen LogP contribution in [0.15, 0.2) is 53.8 Å². The van der Waals surface area contributed by atoms with E-state index < -0.39 is 5.60 Å². The molecular weight excluding hydrogens is 410 g/mol. The summed E-state index contributed by atoms with van der Waals surface area (Å²) in [5.41, 5.74) is 5.27. The van der Waals surface area contributed by atoms with Crippen LogP contribution in [-0.4, -0.2) is 46.2 Å². The molecule has 1 aromatic carbocycles. The van der Waals surface area contributed by atoms with Gasteiger partial charge >= 0.3 is 0 Å². The average molecular weight is 448 g/mol. The molecule has 1 heterocycles. The lowest BCUT2D eigenvalue weighted by Gasteiger charge is -2.48. The minimum atomic E-state index is -0.779.